The van der Waals surface area contributed by atoms with Crippen molar-refractivity contribution in [2.24, 2.45) is 0 Å². The quantitative estimate of drug-likeness (QED) is 0.855. The summed E-state index contributed by atoms with van der Waals surface area (Å²) in [5.41, 5.74) is 11.1. The summed E-state index contributed by atoms with van der Waals surface area (Å²) in [6.07, 6.45) is 1.84. The monoisotopic (exact) mass is 338 g/mol. The van der Waals surface area contributed by atoms with Gasteiger partial charge in [0.15, 0.2) is 6.61 Å². The van der Waals surface area contributed by atoms with Gasteiger partial charge in [-0.25, -0.2) is 0 Å². The summed E-state index contributed by atoms with van der Waals surface area (Å²) in [6, 6.07) is 11.9. The summed E-state index contributed by atoms with van der Waals surface area (Å²) in [5.74, 6) is 1.12. The molecule has 0 unspecified atom stereocenters. The van der Waals surface area contributed by atoms with E-state index in [0.29, 0.717) is 12.5 Å². The van der Waals surface area contributed by atoms with E-state index in [1.807, 2.05) is 31.2 Å². The van der Waals surface area contributed by atoms with Crippen molar-refractivity contribution in [2.45, 2.75) is 39.5 Å². The molecule has 2 aromatic rings. The van der Waals surface area contributed by atoms with Gasteiger partial charge in [-0.3, -0.25) is 4.79 Å². The van der Waals surface area contributed by atoms with Crippen LogP contribution in [0.5, 0.6) is 5.75 Å². The predicted octanol–water partition coefficient (Wildman–Crippen LogP) is 4.06. The van der Waals surface area contributed by atoms with Crippen LogP contribution in [-0.4, -0.2) is 19.1 Å². The first-order valence-corrected chi connectivity index (χ1v) is 8.88. The lowest BCUT2D eigenvalue weighted by atomic mass is 10.00. The molecule has 0 bridgehead atoms. The fraction of sp³-hybridized carbons (Fsp3) is 0.381. The van der Waals surface area contributed by atoms with Gasteiger partial charge < -0.3 is 15.4 Å². The first-order valence-electron chi connectivity index (χ1n) is 8.88. The lowest BCUT2D eigenvalue weighted by molar-refractivity contribution is -0.120. The molecule has 0 saturated heterocycles. The maximum absolute atomic E-state index is 12.8. The van der Waals surface area contributed by atoms with Gasteiger partial charge in [0.05, 0.1) is 0 Å². The number of ether oxygens (including phenoxy) is 1. The van der Waals surface area contributed by atoms with Crippen molar-refractivity contribution in [3.63, 3.8) is 0 Å². The molecule has 0 aromatic heterocycles. The van der Waals surface area contributed by atoms with Crippen molar-refractivity contribution >= 4 is 17.3 Å². The highest BCUT2D eigenvalue weighted by Crippen LogP contribution is 2.32. The number of aryl methyl sites for hydroxylation is 1. The number of benzene rings is 2. The van der Waals surface area contributed by atoms with Gasteiger partial charge in [0.2, 0.25) is 0 Å². The topological polar surface area (TPSA) is 55.6 Å². The molecule has 0 aliphatic carbocycles. The van der Waals surface area contributed by atoms with E-state index in [4.69, 9.17) is 10.5 Å². The molecule has 4 nitrogen and oxygen atoms in total. The van der Waals surface area contributed by atoms with Crippen LogP contribution in [0.2, 0.25) is 0 Å². The second kappa shape index (κ2) is 7.18. The third-order valence-corrected chi connectivity index (χ3v) is 4.73. The second-order valence-corrected chi connectivity index (χ2v) is 6.98. The molecule has 0 spiro atoms. The Kier molecular flexibility index (Phi) is 4.98. The van der Waals surface area contributed by atoms with Crippen LogP contribution in [-0.2, 0) is 11.2 Å². The zero-order valence-electron chi connectivity index (χ0n) is 15.2. The Morgan fingerprint density at radius 3 is 2.84 bits per heavy atom. The van der Waals surface area contributed by atoms with Crippen molar-refractivity contribution < 1.29 is 9.53 Å². The average Bonchev–Trinajstić information content (AvgIpc) is 2.59. The number of nitrogen functional groups attached to an aromatic ring is 1. The molecule has 1 heterocycles. The Bertz CT molecular complexity index is 783. The minimum Gasteiger partial charge on any atom is -0.483 e. The van der Waals surface area contributed by atoms with Crippen LogP contribution in [0.3, 0.4) is 0 Å². The number of carbonyl (C=O) groups is 1. The van der Waals surface area contributed by atoms with E-state index in [9.17, 15) is 4.79 Å². The zero-order valence-corrected chi connectivity index (χ0v) is 15.2. The van der Waals surface area contributed by atoms with E-state index in [1.54, 1.807) is 4.90 Å². The lowest BCUT2D eigenvalue weighted by Crippen LogP contribution is -2.38. The fourth-order valence-electron chi connectivity index (χ4n) is 3.37. The lowest BCUT2D eigenvalue weighted by Gasteiger charge is -2.30. The fourth-order valence-corrected chi connectivity index (χ4v) is 3.37. The van der Waals surface area contributed by atoms with Gasteiger partial charge in [-0.1, -0.05) is 32.0 Å². The third-order valence-electron chi connectivity index (χ3n) is 4.73. The van der Waals surface area contributed by atoms with Gasteiger partial charge in [-0.05, 0) is 60.6 Å². The van der Waals surface area contributed by atoms with Gasteiger partial charge in [-0.15, -0.1) is 0 Å². The number of amides is 1. The van der Waals surface area contributed by atoms with E-state index in [1.165, 1.54) is 0 Å². The molecule has 1 amide bonds. The molecule has 2 aromatic carbocycles. The Morgan fingerprint density at radius 1 is 1.28 bits per heavy atom. The molecular formula is C21H26N2O2. The van der Waals surface area contributed by atoms with Crippen LogP contribution in [0, 0.1) is 6.92 Å². The Balaban J connectivity index is 1.77. The van der Waals surface area contributed by atoms with Crippen LogP contribution in [0.15, 0.2) is 36.4 Å². The maximum atomic E-state index is 12.8. The average molecular weight is 338 g/mol. The van der Waals surface area contributed by atoms with Crippen molar-refractivity contribution in [2.75, 3.05) is 23.8 Å². The minimum atomic E-state index is -0.0252. The van der Waals surface area contributed by atoms with Crippen LogP contribution in [0.1, 0.15) is 42.9 Å². The normalized spacial score (nSPS) is 13.7. The first-order chi connectivity index (χ1) is 12.0. The highest BCUT2D eigenvalue weighted by atomic mass is 16.5. The molecule has 132 valence electrons. The predicted molar refractivity (Wildman–Crippen MR) is 102 cm³/mol. The number of hydrogen-bond acceptors (Lipinski definition) is 3. The van der Waals surface area contributed by atoms with E-state index in [0.717, 1.165) is 46.7 Å². The van der Waals surface area contributed by atoms with E-state index >= 15 is 0 Å². The standard InChI is InChI=1S/C21H26N2O2/c1-14(2)16-10-9-15(3)12-20(16)25-13-21(24)23-11-5-6-17-18(22)7-4-8-19(17)23/h4,7-10,12,14H,5-6,11,13,22H2,1-3H3. The summed E-state index contributed by atoms with van der Waals surface area (Å²) in [7, 11) is 0. The van der Waals surface area contributed by atoms with Gasteiger partial charge in [0.1, 0.15) is 5.75 Å². The highest BCUT2D eigenvalue weighted by Gasteiger charge is 2.24. The smallest absolute Gasteiger partial charge is 0.264 e. The van der Waals surface area contributed by atoms with Crippen molar-refractivity contribution in [3.8, 4) is 5.75 Å². The van der Waals surface area contributed by atoms with Crippen molar-refractivity contribution in [3.05, 3.63) is 53.1 Å². The summed E-state index contributed by atoms with van der Waals surface area (Å²) in [5, 5.41) is 0. The zero-order chi connectivity index (χ0) is 18.0. The third kappa shape index (κ3) is 3.63. The van der Waals surface area contributed by atoms with Gasteiger partial charge in [-0.2, -0.15) is 0 Å². The molecule has 25 heavy (non-hydrogen) atoms. The number of anilines is 2. The molecular weight excluding hydrogens is 312 g/mol. The molecule has 1 aliphatic heterocycles. The number of hydrogen-bond donors (Lipinski definition) is 1. The number of fused-ring (bicyclic) bond motifs is 1. The first kappa shape index (κ1) is 17.3. The van der Waals surface area contributed by atoms with Gasteiger partial charge >= 0.3 is 0 Å². The molecule has 0 fully saturated rings. The van der Waals surface area contributed by atoms with Crippen LogP contribution >= 0.6 is 0 Å². The van der Waals surface area contributed by atoms with Crippen LogP contribution < -0.4 is 15.4 Å². The molecule has 1 aliphatic rings. The summed E-state index contributed by atoms with van der Waals surface area (Å²) in [4.78, 5) is 14.6. The highest BCUT2D eigenvalue weighted by molar-refractivity contribution is 5.96. The molecule has 2 N–H and O–H groups in total. The molecule has 0 saturated carbocycles. The second-order valence-electron chi connectivity index (χ2n) is 6.98. The number of nitrogens with two attached hydrogens (primary N) is 1. The minimum absolute atomic E-state index is 0.0252. The molecule has 0 atom stereocenters. The maximum Gasteiger partial charge on any atom is 0.264 e. The van der Waals surface area contributed by atoms with E-state index in [2.05, 4.69) is 26.0 Å². The van der Waals surface area contributed by atoms with Crippen LogP contribution in [0.4, 0.5) is 11.4 Å². The van der Waals surface area contributed by atoms with Crippen LogP contribution in [0.25, 0.3) is 0 Å². The number of nitrogens with zero attached hydrogens (tertiary/aromatic N) is 1. The van der Waals surface area contributed by atoms with Gasteiger partial charge in [0, 0.05) is 17.9 Å². The SMILES string of the molecule is Cc1ccc(C(C)C)c(OCC(=O)N2CCCc3c(N)cccc32)c1. The molecule has 0 radical (unpaired) electrons. The summed E-state index contributed by atoms with van der Waals surface area (Å²) < 4.78 is 5.92. The van der Waals surface area contributed by atoms with E-state index in [-0.39, 0.29) is 12.5 Å². The Labute approximate surface area is 149 Å². The number of rotatable bonds is 4. The van der Waals surface area contributed by atoms with Crippen molar-refractivity contribution in [1.82, 2.24) is 0 Å². The van der Waals surface area contributed by atoms with Crippen molar-refractivity contribution in [1.29, 1.82) is 0 Å². The largest absolute Gasteiger partial charge is 0.483 e. The Hall–Kier alpha value is -2.49. The number of carbonyl (C=O) groups excluding carboxylic acids is 1. The molecule has 4 heteroatoms. The summed E-state index contributed by atoms with van der Waals surface area (Å²) >= 11 is 0. The Morgan fingerprint density at radius 2 is 2.08 bits per heavy atom. The molecule has 3 rings (SSSR count). The van der Waals surface area contributed by atoms with E-state index < -0.39 is 0 Å². The van der Waals surface area contributed by atoms with Gasteiger partial charge in [0.25, 0.3) is 5.91 Å². The summed E-state index contributed by atoms with van der Waals surface area (Å²) in [6.45, 7) is 7.04.